The SMILES string of the molecule is CC1(CCCCS(=O)(=O)O)C(=CC=Cc2cc[n+](CCCCS(=O)(=O)[O-])c3ccccc23)N(CCCCCC(=O)ON2C(=O)CCC2=O)c2c(F)c(F)c(F)c(F)c21. The van der Waals surface area contributed by atoms with Crippen LogP contribution in [0.4, 0.5) is 23.2 Å². The highest BCUT2D eigenvalue weighted by Gasteiger charge is 2.49. The molecule has 13 nitrogen and oxygen atoms in total. The molecular formula is C39H43F4N3O10S2. The van der Waals surface area contributed by atoms with Crippen LogP contribution in [-0.4, -0.2) is 66.8 Å². The van der Waals surface area contributed by atoms with Crippen molar-refractivity contribution in [1.82, 2.24) is 5.06 Å². The van der Waals surface area contributed by atoms with Crippen molar-refractivity contribution in [3.05, 3.63) is 88.8 Å². The number of aromatic nitrogens is 1. The molecule has 2 aliphatic rings. The number of benzene rings is 2. The van der Waals surface area contributed by atoms with Crippen LogP contribution in [0.5, 0.6) is 0 Å². The van der Waals surface area contributed by atoms with E-state index >= 15 is 8.78 Å². The van der Waals surface area contributed by atoms with Crippen LogP contribution in [0.25, 0.3) is 17.0 Å². The fourth-order valence-electron chi connectivity index (χ4n) is 7.42. The number of pyridine rings is 1. The van der Waals surface area contributed by atoms with E-state index in [1.54, 1.807) is 30.5 Å². The lowest BCUT2D eigenvalue weighted by molar-refractivity contribution is -0.671. The zero-order valence-corrected chi connectivity index (χ0v) is 33.2. The van der Waals surface area contributed by atoms with Gasteiger partial charge in [0.25, 0.3) is 21.9 Å². The van der Waals surface area contributed by atoms with Gasteiger partial charge in [-0.05, 0) is 56.7 Å². The van der Waals surface area contributed by atoms with E-state index in [1.807, 2.05) is 28.8 Å². The predicted molar refractivity (Wildman–Crippen MR) is 202 cm³/mol. The predicted octanol–water partition coefficient (Wildman–Crippen LogP) is 5.91. The number of aryl methyl sites for hydroxylation is 1. The van der Waals surface area contributed by atoms with Gasteiger partial charge in [-0.1, -0.05) is 37.1 Å². The molecule has 1 N–H and O–H groups in total. The van der Waals surface area contributed by atoms with Gasteiger partial charge in [-0.25, -0.2) is 30.8 Å². The molecule has 1 fully saturated rings. The number of imide groups is 1. The molecule has 2 amide bonds. The highest BCUT2D eigenvalue weighted by atomic mass is 32.2. The second-order valence-electron chi connectivity index (χ2n) is 14.4. The minimum Gasteiger partial charge on any atom is -0.748 e. The first kappa shape index (κ1) is 44.4. The Labute approximate surface area is 333 Å². The number of rotatable bonds is 19. The van der Waals surface area contributed by atoms with Crippen molar-refractivity contribution >= 4 is 60.7 Å². The van der Waals surface area contributed by atoms with E-state index < -0.39 is 89.5 Å². The van der Waals surface area contributed by atoms with Crippen LogP contribution in [0.15, 0.2) is 54.4 Å². The summed E-state index contributed by atoms with van der Waals surface area (Å²) in [4.78, 5) is 42.1. The number of hydroxylamine groups is 2. The zero-order chi connectivity index (χ0) is 42.4. The maximum Gasteiger partial charge on any atom is 0.333 e. The number of fused-ring (bicyclic) bond motifs is 2. The molecule has 0 aliphatic carbocycles. The van der Waals surface area contributed by atoms with Crippen molar-refractivity contribution in [3.63, 3.8) is 0 Å². The fourth-order valence-corrected chi connectivity index (χ4v) is 8.55. The van der Waals surface area contributed by atoms with Crippen molar-refractivity contribution in [2.45, 2.75) is 89.5 Å². The largest absolute Gasteiger partial charge is 0.748 e. The summed E-state index contributed by atoms with van der Waals surface area (Å²) >= 11 is 0. The van der Waals surface area contributed by atoms with E-state index in [4.69, 9.17) is 4.84 Å². The first-order valence-corrected chi connectivity index (χ1v) is 21.9. The molecule has 3 heterocycles. The summed E-state index contributed by atoms with van der Waals surface area (Å²) in [6.07, 6.45) is 7.59. The number of unbranched alkanes of at least 4 members (excludes halogenated alkanes) is 4. The van der Waals surface area contributed by atoms with E-state index in [9.17, 15) is 49.1 Å². The number of carbonyl (C=O) groups excluding carboxylic acids is 3. The quantitative estimate of drug-likeness (QED) is 0.0288. The molecule has 19 heteroatoms. The third-order valence-corrected chi connectivity index (χ3v) is 11.8. The number of hydrogen-bond donors (Lipinski definition) is 1. The van der Waals surface area contributed by atoms with Crippen molar-refractivity contribution in [2.24, 2.45) is 0 Å². The van der Waals surface area contributed by atoms with Gasteiger partial charge in [0.05, 0.1) is 26.9 Å². The first-order valence-electron chi connectivity index (χ1n) is 18.7. The van der Waals surface area contributed by atoms with Gasteiger partial charge in [-0.15, -0.1) is 5.06 Å². The maximum absolute atomic E-state index is 15.9. The number of halogens is 4. The standard InChI is InChI=1S/C39H43F4N3O10S2/c1-39(20-6-9-24-57(50,51)52)29(15-11-12-26-19-23-44(21-8-10-25-58(53,54)55)28-14-5-4-13-27(26)28)45(38-33(39)34(40)35(41)36(42)37(38)43)22-7-2-3-16-32(49)56-46-30(47)17-18-31(46)48/h4-5,11-15,19,23H,2-3,6-10,16-18,20-22,24-25H2,1H3,(H-,50,51,52,53,54,55). The zero-order valence-electron chi connectivity index (χ0n) is 31.6. The summed E-state index contributed by atoms with van der Waals surface area (Å²) < 4.78 is 129. The van der Waals surface area contributed by atoms with Gasteiger partial charge in [-0.3, -0.25) is 14.1 Å². The third-order valence-electron chi connectivity index (χ3n) is 10.2. The molecular weight excluding hydrogens is 811 g/mol. The molecule has 1 aromatic heterocycles. The molecule has 1 saturated heterocycles. The summed E-state index contributed by atoms with van der Waals surface area (Å²) in [6.45, 7) is 1.87. The van der Waals surface area contributed by atoms with Crippen LogP contribution in [0.1, 0.15) is 88.7 Å². The summed E-state index contributed by atoms with van der Waals surface area (Å²) in [5.41, 5.74) is -0.789. The van der Waals surface area contributed by atoms with Gasteiger partial charge in [0.2, 0.25) is 5.52 Å². The van der Waals surface area contributed by atoms with Crippen LogP contribution >= 0.6 is 0 Å². The number of anilines is 1. The molecule has 314 valence electrons. The summed E-state index contributed by atoms with van der Waals surface area (Å²) in [5, 5.41) is 1.22. The molecule has 0 radical (unpaired) electrons. The lowest BCUT2D eigenvalue weighted by Gasteiger charge is -2.30. The molecule has 58 heavy (non-hydrogen) atoms. The number of carbonyl (C=O) groups is 3. The minimum absolute atomic E-state index is 0.0544. The Hall–Kier alpha value is -4.72. The average molecular weight is 854 g/mol. The van der Waals surface area contributed by atoms with Crippen molar-refractivity contribution in [3.8, 4) is 0 Å². The Bertz CT molecular complexity index is 2360. The van der Waals surface area contributed by atoms with Crippen molar-refractivity contribution in [2.75, 3.05) is 23.0 Å². The van der Waals surface area contributed by atoms with Crippen LogP contribution in [0.3, 0.4) is 0 Å². The van der Waals surface area contributed by atoms with Gasteiger partial charge in [-0.2, -0.15) is 13.0 Å². The second kappa shape index (κ2) is 18.5. The normalized spacial score (nSPS) is 18.0. The number of para-hydroxylation sites is 1. The van der Waals surface area contributed by atoms with E-state index in [1.165, 1.54) is 11.8 Å². The fraction of sp³-hybridized carbons (Fsp3) is 0.436. The molecule has 0 saturated carbocycles. The summed E-state index contributed by atoms with van der Waals surface area (Å²) in [5.74, 6) is -10.4. The average Bonchev–Trinajstić information content (AvgIpc) is 3.60. The van der Waals surface area contributed by atoms with Crippen LogP contribution in [-0.2, 0) is 51.4 Å². The number of nitrogens with zero attached hydrogens (tertiary/aromatic N) is 3. The Morgan fingerprint density at radius 1 is 0.897 bits per heavy atom. The smallest absolute Gasteiger partial charge is 0.333 e. The van der Waals surface area contributed by atoms with Crippen LogP contribution in [0.2, 0.25) is 0 Å². The molecule has 0 spiro atoms. The maximum atomic E-state index is 15.9. The molecule has 3 aromatic rings. The lowest BCUT2D eigenvalue weighted by Crippen LogP contribution is -2.34. The van der Waals surface area contributed by atoms with Gasteiger partial charge in [0, 0.05) is 66.8 Å². The highest BCUT2D eigenvalue weighted by molar-refractivity contribution is 7.85. The van der Waals surface area contributed by atoms with Crippen molar-refractivity contribution < 1.29 is 67.3 Å². The van der Waals surface area contributed by atoms with Gasteiger partial charge >= 0.3 is 5.97 Å². The third kappa shape index (κ3) is 10.5. The lowest BCUT2D eigenvalue weighted by atomic mass is 9.76. The Kier molecular flexibility index (Phi) is 14.1. The monoisotopic (exact) mass is 853 g/mol. The summed E-state index contributed by atoms with van der Waals surface area (Å²) in [6, 6.07) is 9.13. The molecule has 5 rings (SSSR count). The Morgan fingerprint density at radius 2 is 1.57 bits per heavy atom. The molecule has 0 bridgehead atoms. The molecule has 2 aromatic carbocycles. The first-order chi connectivity index (χ1) is 27.3. The minimum atomic E-state index is -4.35. The Balaban J connectivity index is 1.45. The highest BCUT2D eigenvalue weighted by Crippen LogP contribution is 2.54. The number of allylic oxidation sites excluding steroid dienone is 3. The van der Waals surface area contributed by atoms with E-state index in [2.05, 4.69) is 0 Å². The van der Waals surface area contributed by atoms with Gasteiger partial charge in [0.1, 0.15) is 6.54 Å². The Morgan fingerprint density at radius 3 is 2.26 bits per heavy atom. The van der Waals surface area contributed by atoms with Gasteiger partial charge in [0.15, 0.2) is 29.5 Å². The van der Waals surface area contributed by atoms with Crippen LogP contribution < -0.4 is 9.47 Å². The molecule has 1 atom stereocenters. The molecule has 1 unspecified atom stereocenters. The van der Waals surface area contributed by atoms with Gasteiger partial charge < -0.3 is 14.3 Å². The topological polar surface area (TPSA) is 182 Å². The van der Waals surface area contributed by atoms with E-state index in [-0.39, 0.29) is 70.0 Å². The van der Waals surface area contributed by atoms with Crippen LogP contribution in [0, 0.1) is 23.3 Å². The number of hydrogen-bond acceptors (Lipinski definition) is 10. The molecule has 2 aliphatic heterocycles. The van der Waals surface area contributed by atoms with E-state index in [0.29, 0.717) is 30.0 Å². The second-order valence-corrected chi connectivity index (χ2v) is 17.5. The summed E-state index contributed by atoms with van der Waals surface area (Å²) in [7, 11) is -8.70. The van der Waals surface area contributed by atoms with Crippen molar-refractivity contribution in [1.29, 1.82) is 0 Å². The number of amides is 2. The van der Waals surface area contributed by atoms with E-state index in [0.717, 1.165) is 10.9 Å².